The average Bonchev–Trinajstić information content (AvgIpc) is 2.75. The number of aromatic nitrogens is 2. The van der Waals surface area contributed by atoms with Gasteiger partial charge in [-0.2, -0.15) is 0 Å². The molecule has 0 aliphatic heterocycles. The Morgan fingerprint density at radius 1 is 1.04 bits per heavy atom. The van der Waals surface area contributed by atoms with Crippen molar-refractivity contribution in [3.8, 4) is 0 Å². The molecule has 0 spiro atoms. The third kappa shape index (κ3) is 2.83. The second-order valence-corrected chi connectivity index (χ2v) is 8.08. The number of sulfonamides is 1. The fraction of sp³-hybridized carbons (Fsp3) is 0.235. The lowest BCUT2D eigenvalue weighted by atomic mass is 10.2. The number of hydrogen-bond donors (Lipinski definition) is 1. The molecule has 0 saturated carbocycles. The van der Waals surface area contributed by atoms with Crippen molar-refractivity contribution in [2.75, 3.05) is 4.72 Å². The van der Waals surface area contributed by atoms with E-state index in [0.29, 0.717) is 32.9 Å². The smallest absolute Gasteiger partial charge is 0.295 e. The number of anilines is 1. The first-order valence-corrected chi connectivity index (χ1v) is 9.43. The normalized spacial score (nSPS) is 11.9. The molecule has 0 fully saturated rings. The van der Waals surface area contributed by atoms with Crippen LogP contribution in [0.4, 0.5) is 5.69 Å². The molecule has 0 unspecified atom stereocenters. The SMILES string of the molecule is Cc1cc2c(cc1S(=O)(=O)Nc1cccc(Cl)c1C)n(C)c(=O)n2C. The first-order valence-electron chi connectivity index (χ1n) is 7.57. The van der Waals surface area contributed by atoms with Gasteiger partial charge < -0.3 is 0 Å². The van der Waals surface area contributed by atoms with E-state index >= 15 is 0 Å². The second kappa shape index (κ2) is 5.93. The number of rotatable bonds is 3. The zero-order valence-corrected chi connectivity index (χ0v) is 15.9. The Hall–Kier alpha value is -2.25. The van der Waals surface area contributed by atoms with Crippen molar-refractivity contribution in [1.82, 2.24) is 9.13 Å². The lowest BCUT2D eigenvalue weighted by molar-refractivity contribution is 0.600. The van der Waals surface area contributed by atoms with E-state index in [1.165, 1.54) is 15.2 Å². The Labute approximate surface area is 150 Å². The zero-order valence-electron chi connectivity index (χ0n) is 14.3. The minimum atomic E-state index is -3.83. The van der Waals surface area contributed by atoms with Gasteiger partial charge in [-0.3, -0.25) is 13.9 Å². The Balaban J connectivity index is 2.17. The summed E-state index contributed by atoms with van der Waals surface area (Å²) in [6, 6.07) is 8.27. The van der Waals surface area contributed by atoms with Crippen LogP contribution in [0.5, 0.6) is 0 Å². The minimum Gasteiger partial charge on any atom is -0.295 e. The molecule has 8 heteroatoms. The average molecular weight is 380 g/mol. The highest BCUT2D eigenvalue weighted by molar-refractivity contribution is 7.92. The molecule has 0 atom stereocenters. The maximum absolute atomic E-state index is 12.9. The first kappa shape index (κ1) is 17.6. The standard InChI is InChI=1S/C17H18ClN3O3S/c1-10-8-14-15(21(4)17(22)20(14)3)9-16(10)25(23,24)19-13-7-5-6-12(18)11(13)2/h5-9,19H,1-4H3. The first-order chi connectivity index (χ1) is 11.6. The fourth-order valence-corrected chi connectivity index (χ4v) is 4.38. The van der Waals surface area contributed by atoms with Gasteiger partial charge in [0.25, 0.3) is 10.0 Å². The quantitative estimate of drug-likeness (QED) is 0.760. The summed E-state index contributed by atoms with van der Waals surface area (Å²) in [5.41, 5.74) is 2.67. The highest BCUT2D eigenvalue weighted by Crippen LogP contribution is 2.28. The number of benzene rings is 2. The summed E-state index contributed by atoms with van der Waals surface area (Å²) < 4.78 is 31.3. The van der Waals surface area contributed by atoms with Crippen molar-refractivity contribution in [2.45, 2.75) is 18.7 Å². The fourth-order valence-electron chi connectivity index (χ4n) is 2.84. The Morgan fingerprint density at radius 2 is 1.64 bits per heavy atom. The van der Waals surface area contributed by atoms with E-state index < -0.39 is 10.0 Å². The summed E-state index contributed by atoms with van der Waals surface area (Å²) in [4.78, 5) is 12.2. The predicted molar refractivity (Wildman–Crippen MR) is 99.9 cm³/mol. The van der Waals surface area contributed by atoms with Crippen LogP contribution in [-0.2, 0) is 24.1 Å². The molecule has 132 valence electrons. The molecule has 1 heterocycles. The number of nitrogens with one attached hydrogen (secondary N) is 1. The molecule has 1 aromatic heterocycles. The minimum absolute atomic E-state index is 0.126. The number of halogens is 1. The third-order valence-corrected chi connectivity index (χ3v) is 6.29. The molecule has 3 aromatic rings. The van der Waals surface area contributed by atoms with Crippen molar-refractivity contribution >= 4 is 38.3 Å². The predicted octanol–water partition coefficient (Wildman–Crippen LogP) is 2.95. The molecule has 3 rings (SSSR count). The van der Waals surface area contributed by atoms with Gasteiger partial charge in [-0.05, 0) is 49.2 Å². The van der Waals surface area contributed by atoms with Crippen LogP contribution < -0.4 is 10.4 Å². The van der Waals surface area contributed by atoms with Gasteiger partial charge in [0.1, 0.15) is 0 Å². The second-order valence-electron chi connectivity index (χ2n) is 6.02. The van der Waals surface area contributed by atoms with E-state index in [0.717, 1.165) is 0 Å². The van der Waals surface area contributed by atoms with Crippen LogP contribution in [0.2, 0.25) is 5.02 Å². The van der Waals surface area contributed by atoms with Crippen molar-refractivity contribution in [2.24, 2.45) is 14.1 Å². The maximum atomic E-state index is 12.9. The van der Waals surface area contributed by atoms with Gasteiger partial charge in [-0.25, -0.2) is 13.2 Å². The Kier molecular flexibility index (Phi) is 4.17. The molecule has 25 heavy (non-hydrogen) atoms. The van der Waals surface area contributed by atoms with Gasteiger partial charge in [0, 0.05) is 19.1 Å². The zero-order chi connectivity index (χ0) is 18.5. The van der Waals surface area contributed by atoms with Gasteiger partial charge >= 0.3 is 5.69 Å². The summed E-state index contributed by atoms with van der Waals surface area (Å²) in [7, 11) is -0.554. The number of nitrogens with zero attached hydrogens (tertiary/aromatic N) is 2. The summed E-state index contributed by atoms with van der Waals surface area (Å²) in [5.74, 6) is 0. The largest absolute Gasteiger partial charge is 0.328 e. The summed E-state index contributed by atoms with van der Waals surface area (Å²) in [6.07, 6.45) is 0. The van der Waals surface area contributed by atoms with E-state index in [1.54, 1.807) is 52.2 Å². The summed E-state index contributed by atoms with van der Waals surface area (Å²) >= 11 is 6.06. The third-order valence-electron chi connectivity index (χ3n) is 4.37. The van der Waals surface area contributed by atoms with E-state index in [4.69, 9.17) is 11.6 Å². The molecule has 0 amide bonds. The molecule has 6 nitrogen and oxygen atoms in total. The maximum Gasteiger partial charge on any atom is 0.328 e. The monoisotopic (exact) mass is 379 g/mol. The van der Waals surface area contributed by atoms with Gasteiger partial charge in [0.2, 0.25) is 0 Å². The van der Waals surface area contributed by atoms with Crippen LogP contribution in [-0.4, -0.2) is 17.6 Å². The van der Waals surface area contributed by atoms with E-state index in [-0.39, 0.29) is 10.6 Å². The molecule has 0 radical (unpaired) electrons. The van der Waals surface area contributed by atoms with Crippen LogP contribution in [0.25, 0.3) is 11.0 Å². The van der Waals surface area contributed by atoms with E-state index in [1.807, 2.05) is 0 Å². The molecule has 0 bridgehead atoms. The number of imidazole rings is 1. The topological polar surface area (TPSA) is 73.1 Å². The lowest BCUT2D eigenvalue weighted by Crippen LogP contribution is -2.19. The van der Waals surface area contributed by atoms with Crippen LogP contribution in [0.1, 0.15) is 11.1 Å². The van der Waals surface area contributed by atoms with Gasteiger partial charge in [-0.1, -0.05) is 17.7 Å². The Morgan fingerprint density at radius 3 is 2.28 bits per heavy atom. The highest BCUT2D eigenvalue weighted by Gasteiger charge is 2.21. The van der Waals surface area contributed by atoms with Crippen LogP contribution in [0.15, 0.2) is 40.0 Å². The Bertz CT molecular complexity index is 1160. The van der Waals surface area contributed by atoms with Gasteiger partial charge in [-0.15, -0.1) is 0 Å². The van der Waals surface area contributed by atoms with E-state index in [2.05, 4.69) is 4.72 Å². The number of aryl methyl sites for hydroxylation is 3. The molecule has 0 aliphatic rings. The summed E-state index contributed by atoms with van der Waals surface area (Å²) in [6.45, 7) is 3.45. The van der Waals surface area contributed by atoms with Crippen LogP contribution >= 0.6 is 11.6 Å². The van der Waals surface area contributed by atoms with Crippen LogP contribution in [0, 0.1) is 13.8 Å². The molecule has 2 aromatic carbocycles. The number of hydrogen-bond acceptors (Lipinski definition) is 3. The summed E-state index contributed by atoms with van der Waals surface area (Å²) in [5, 5.41) is 0.484. The van der Waals surface area contributed by atoms with Gasteiger partial charge in [0.15, 0.2) is 0 Å². The van der Waals surface area contributed by atoms with Crippen molar-refractivity contribution in [1.29, 1.82) is 0 Å². The molecule has 0 saturated heterocycles. The van der Waals surface area contributed by atoms with Crippen LogP contribution in [0.3, 0.4) is 0 Å². The highest BCUT2D eigenvalue weighted by atomic mass is 35.5. The molecular formula is C17H18ClN3O3S. The van der Waals surface area contributed by atoms with E-state index in [9.17, 15) is 13.2 Å². The number of fused-ring (bicyclic) bond motifs is 1. The molecular weight excluding hydrogens is 362 g/mol. The molecule has 1 N–H and O–H groups in total. The lowest BCUT2D eigenvalue weighted by Gasteiger charge is -2.13. The van der Waals surface area contributed by atoms with Crippen molar-refractivity contribution in [3.63, 3.8) is 0 Å². The van der Waals surface area contributed by atoms with Crippen molar-refractivity contribution < 1.29 is 8.42 Å². The van der Waals surface area contributed by atoms with Crippen molar-refractivity contribution in [3.05, 3.63) is 57.0 Å². The molecule has 0 aliphatic carbocycles. The van der Waals surface area contributed by atoms with Gasteiger partial charge in [0.05, 0.1) is 21.6 Å².